The molecule has 1 atom stereocenters. The third-order valence-electron chi connectivity index (χ3n) is 6.38. The van der Waals surface area contributed by atoms with Gasteiger partial charge in [-0.2, -0.15) is 0 Å². The number of halogens is 1. The molecule has 176 valence electrons. The van der Waals surface area contributed by atoms with Crippen LogP contribution in [0.1, 0.15) is 11.1 Å². The molecular formula is C31H29BrN2O. The second kappa shape index (κ2) is 10.1. The highest BCUT2D eigenvalue weighted by atomic mass is 79.9. The van der Waals surface area contributed by atoms with Crippen LogP contribution in [0.25, 0.3) is 33.3 Å². The third kappa shape index (κ3) is 4.90. The van der Waals surface area contributed by atoms with Crippen LogP contribution >= 0.6 is 15.9 Å². The standard InChI is InChI=1S/C31H29BrN2O/c1-21-17-22(2)30-28(18-21)29(23-9-5-3-6-10-23)31(24-11-7-4-8-12-24)34(30)20-27(35)19-33-26-15-13-25(32)14-16-26/h3-18,27,33,35H,19-20H2,1-2H3. The fourth-order valence-electron chi connectivity index (χ4n) is 4.94. The van der Waals surface area contributed by atoms with Crippen molar-refractivity contribution in [2.75, 3.05) is 11.9 Å². The van der Waals surface area contributed by atoms with Crippen LogP contribution in [0, 0.1) is 13.8 Å². The van der Waals surface area contributed by atoms with Gasteiger partial charge in [-0.15, -0.1) is 0 Å². The highest BCUT2D eigenvalue weighted by Gasteiger charge is 2.23. The maximum Gasteiger partial charge on any atom is 0.0891 e. The first-order valence-electron chi connectivity index (χ1n) is 11.9. The molecule has 0 fully saturated rings. The lowest BCUT2D eigenvalue weighted by Gasteiger charge is -2.19. The first-order valence-corrected chi connectivity index (χ1v) is 12.7. The number of nitrogens with zero attached hydrogens (tertiary/aromatic N) is 1. The fraction of sp³-hybridized carbons (Fsp3) is 0.161. The summed E-state index contributed by atoms with van der Waals surface area (Å²) in [6.07, 6.45) is -0.568. The van der Waals surface area contributed by atoms with E-state index in [1.807, 2.05) is 30.3 Å². The van der Waals surface area contributed by atoms with E-state index >= 15 is 0 Å². The van der Waals surface area contributed by atoms with Gasteiger partial charge in [-0.3, -0.25) is 0 Å². The molecule has 0 aliphatic heterocycles. The lowest BCUT2D eigenvalue weighted by atomic mass is 9.97. The van der Waals surface area contributed by atoms with Gasteiger partial charge >= 0.3 is 0 Å². The van der Waals surface area contributed by atoms with Gasteiger partial charge in [-0.05, 0) is 60.9 Å². The number of hydrogen-bond donors (Lipinski definition) is 2. The van der Waals surface area contributed by atoms with Crippen LogP contribution in [-0.2, 0) is 6.54 Å². The van der Waals surface area contributed by atoms with Crippen LogP contribution in [0.2, 0.25) is 0 Å². The second-order valence-electron chi connectivity index (χ2n) is 9.09. The van der Waals surface area contributed by atoms with Crippen LogP contribution in [0.5, 0.6) is 0 Å². The molecule has 1 unspecified atom stereocenters. The Morgan fingerprint density at radius 2 is 1.46 bits per heavy atom. The van der Waals surface area contributed by atoms with E-state index in [1.165, 1.54) is 33.2 Å². The number of aryl methyl sites for hydroxylation is 2. The van der Waals surface area contributed by atoms with Crippen molar-refractivity contribution in [1.82, 2.24) is 4.57 Å². The van der Waals surface area contributed by atoms with Crippen LogP contribution in [0.15, 0.2) is 102 Å². The summed E-state index contributed by atoms with van der Waals surface area (Å²) in [5, 5.41) is 15.8. The van der Waals surface area contributed by atoms with E-state index in [9.17, 15) is 5.11 Å². The Hall–Kier alpha value is -3.34. The van der Waals surface area contributed by atoms with Crippen molar-refractivity contribution in [2.24, 2.45) is 0 Å². The molecule has 0 saturated heterocycles. The molecule has 5 rings (SSSR count). The molecule has 3 nitrogen and oxygen atoms in total. The van der Waals surface area contributed by atoms with Gasteiger partial charge < -0.3 is 15.0 Å². The van der Waals surface area contributed by atoms with Gasteiger partial charge in [0.2, 0.25) is 0 Å². The molecule has 0 spiro atoms. The number of anilines is 1. The summed E-state index contributed by atoms with van der Waals surface area (Å²) in [5.41, 5.74) is 9.31. The first kappa shape index (κ1) is 23.4. The molecule has 1 aromatic heterocycles. The molecule has 35 heavy (non-hydrogen) atoms. The lowest BCUT2D eigenvalue weighted by Crippen LogP contribution is -2.25. The lowest BCUT2D eigenvalue weighted by molar-refractivity contribution is 0.169. The van der Waals surface area contributed by atoms with Gasteiger partial charge in [0.25, 0.3) is 0 Å². The van der Waals surface area contributed by atoms with E-state index in [0.29, 0.717) is 13.1 Å². The van der Waals surface area contributed by atoms with Crippen molar-refractivity contribution < 1.29 is 5.11 Å². The Bertz CT molecular complexity index is 1440. The minimum atomic E-state index is -0.568. The molecule has 0 saturated carbocycles. The average Bonchev–Trinajstić information content (AvgIpc) is 3.18. The maximum absolute atomic E-state index is 11.2. The number of aromatic nitrogens is 1. The number of fused-ring (bicyclic) bond motifs is 1. The summed E-state index contributed by atoms with van der Waals surface area (Å²) >= 11 is 3.48. The second-order valence-corrected chi connectivity index (χ2v) is 10.0. The zero-order valence-electron chi connectivity index (χ0n) is 20.0. The summed E-state index contributed by atoms with van der Waals surface area (Å²) < 4.78 is 3.35. The number of hydrogen-bond acceptors (Lipinski definition) is 2. The molecule has 1 heterocycles. The van der Waals surface area contributed by atoms with Crippen molar-refractivity contribution in [3.8, 4) is 22.4 Å². The Balaban J connectivity index is 1.64. The van der Waals surface area contributed by atoms with Gasteiger partial charge in [0.05, 0.1) is 23.9 Å². The molecule has 4 heteroatoms. The van der Waals surface area contributed by atoms with Gasteiger partial charge in [0, 0.05) is 27.7 Å². The van der Waals surface area contributed by atoms with E-state index in [-0.39, 0.29) is 0 Å². The highest BCUT2D eigenvalue weighted by molar-refractivity contribution is 9.10. The number of aliphatic hydroxyl groups excluding tert-OH is 1. The monoisotopic (exact) mass is 524 g/mol. The van der Waals surface area contributed by atoms with Crippen molar-refractivity contribution in [3.05, 3.63) is 113 Å². The van der Waals surface area contributed by atoms with Crippen molar-refractivity contribution >= 4 is 32.5 Å². The quantitative estimate of drug-likeness (QED) is 0.227. The van der Waals surface area contributed by atoms with Crippen molar-refractivity contribution in [3.63, 3.8) is 0 Å². The minimum Gasteiger partial charge on any atom is -0.389 e. The average molecular weight is 525 g/mol. The smallest absolute Gasteiger partial charge is 0.0891 e. The zero-order valence-corrected chi connectivity index (χ0v) is 21.6. The Kier molecular flexibility index (Phi) is 6.76. The van der Waals surface area contributed by atoms with E-state index in [1.54, 1.807) is 0 Å². The Morgan fingerprint density at radius 3 is 2.11 bits per heavy atom. The van der Waals surface area contributed by atoms with Crippen molar-refractivity contribution in [2.45, 2.75) is 26.5 Å². The Morgan fingerprint density at radius 1 is 0.829 bits per heavy atom. The number of aliphatic hydroxyl groups is 1. The minimum absolute atomic E-state index is 0.459. The number of rotatable bonds is 7. The molecule has 0 aliphatic rings. The Labute approximate surface area is 215 Å². The van der Waals surface area contributed by atoms with E-state index in [2.05, 4.69) is 106 Å². The topological polar surface area (TPSA) is 37.2 Å². The summed E-state index contributed by atoms with van der Waals surface area (Å²) in [4.78, 5) is 0. The fourth-order valence-corrected chi connectivity index (χ4v) is 5.20. The van der Waals surface area contributed by atoms with E-state index in [0.717, 1.165) is 21.4 Å². The molecule has 4 aromatic carbocycles. The SMILES string of the molecule is Cc1cc(C)c2c(c1)c(-c1ccccc1)c(-c1ccccc1)n2CC(O)CNc1ccc(Br)cc1. The van der Waals surface area contributed by atoms with Gasteiger partial charge in [0.1, 0.15) is 0 Å². The highest BCUT2D eigenvalue weighted by Crippen LogP contribution is 2.42. The third-order valence-corrected chi connectivity index (χ3v) is 6.91. The summed E-state index contributed by atoms with van der Waals surface area (Å²) in [5.74, 6) is 0. The number of benzene rings is 4. The molecule has 0 radical (unpaired) electrons. The molecule has 2 N–H and O–H groups in total. The normalized spacial score (nSPS) is 12.1. The molecular weight excluding hydrogens is 496 g/mol. The summed E-state index contributed by atoms with van der Waals surface area (Å²) in [7, 11) is 0. The van der Waals surface area contributed by atoms with Crippen LogP contribution < -0.4 is 5.32 Å². The summed E-state index contributed by atoms with van der Waals surface area (Å²) in [6.45, 7) is 5.27. The predicted octanol–water partition coefficient (Wildman–Crippen LogP) is 7.83. The predicted molar refractivity (Wildman–Crippen MR) is 151 cm³/mol. The van der Waals surface area contributed by atoms with E-state index < -0.39 is 6.10 Å². The molecule has 0 bridgehead atoms. The first-order chi connectivity index (χ1) is 17.0. The molecule has 5 aromatic rings. The van der Waals surface area contributed by atoms with Gasteiger partial charge in [-0.1, -0.05) is 88.2 Å². The van der Waals surface area contributed by atoms with Crippen LogP contribution in [0.4, 0.5) is 5.69 Å². The zero-order chi connectivity index (χ0) is 24.4. The van der Waals surface area contributed by atoms with Crippen molar-refractivity contribution in [1.29, 1.82) is 0 Å². The van der Waals surface area contributed by atoms with Gasteiger partial charge in [-0.25, -0.2) is 0 Å². The molecule has 0 aliphatic carbocycles. The van der Waals surface area contributed by atoms with Gasteiger partial charge in [0.15, 0.2) is 0 Å². The van der Waals surface area contributed by atoms with Crippen LogP contribution in [0.3, 0.4) is 0 Å². The largest absolute Gasteiger partial charge is 0.389 e. The maximum atomic E-state index is 11.2. The summed E-state index contributed by atoms with van der Waals surface area (Å²) in [6, 6.07) is 33.6. The number of nitrogens with one attached hydrogen (secondary N) is 1. The molecule has 0 amide bonds. The van der Waals surface area contributed by atoms with Crippen LogP contribution in [-0.4, -0.2) is 22.3 Å². The van der Waals surface area contributed by atoms with E-state index in [4.69, 9.17) is 0 Å².